The first-order valence-electron chi connectivity index (χ1n) is 5.33. The fourth-order valence-electron chi connectivity index (χ4n) is 1.76. The first-order chi connectivity index (χ1) is 8.40. The molecule has 4 nitrogen and oxygen atoms in total. The summed E-state index contributed by atoms with van der Waals surface area (Å²) in [7, 11) is -3.50. The number of hydrogen-bond donors (Lipinski definition) is 2. The molecule has 2 aromatic rings. The first-order valence-corrected chi connectivity index (χ1v) is 7.69. The van der Waals surface area contributed by atoms with E-state index in [-0.39, 0.29) is 0 Å². The molecule has 0 fully saturated rings. The second-order valence-corrected chi connectivity index (χ2v) is 6.92. The zero-order valence-electron chi connectivity index (χ0n) is 10.1. The van der Waals surface area contributed by atoms with E-state index in [2.05, 4.69) is 4.72 Å². The molecule has 0 aliphatic heterocycles. The smallest absolute Gasteiger partial charge is 0.271 e. The van der Waals surface area contributed by atoms with Gasteiger partial charge in [-0.2, -0.15) is 0 Å². The van der Waals surface area contributed by atoms with Crippen molar-refractivity contribution in [2.24, 2.45) is 0 Å². The Labute approximate surface area is 111 Å². The molecule has 6 heteroatoms. The van der Waals surface area contributed by atoms with Gasteiger partial charge in [0.25, 0.3) is 10.0 Å². The van der Waals surface area contributed by atoms with Crippen LogP contribution in [0.1, 0.15) is 11.1 Å². The van der Waals surface area contributed by atoms with Gasteiger partial charge in [-0.1, -0.05) is 6.07 Å². The highest BCUT2D eigenvalue weighted by Crippen LogP contribution is 2.27. The molecule has 0 spiro atoms. The van der Waals surface area contributed by atoms with Crippen LogP contribution in [0, 0.1) is 13.8 Å². The second-order valence-electron chi connectivity index (χ2n) is 4.07. The summed E-state index contributed by atoms with van der Waals surface area (Å²) >= 11 is 1.19. The van der Waals surface area contributed by atoms with Gasteiger partial charge in [0.2, 0.25) is 0 Å². The van der Waals surface area contributed by atoms with E-state index in [4.69, 9.17) is 5.73 Å². The van der Waals surface area contributed by atoms with Crippen molar-refractivity contribution in [1.29, 1.82) is 0 Å². The number of thiophene rings is 1. The molecule has 0 saturated heterocycles. The van der Waals surface area contributed by atoms with Crippen molar-refractivity contribution in [2.75, 3.05) is 10.5 Å². The van der Waals surface area contributed by atoms with Crippen LogP contribution in [0.5, 0.6) is 0 Å². The van der Waals surface area contributed by atoms with E-state index in [1.807, 2.05) is 13.8 Å². The molecule has 1 aromatic carbocycles. The summed E-state index contributed by atoms with van der Waals surface area (Å²) in [5, 5.41) is 1.73. The Kier molecular flexibility index (Phi) is 3.32. The zero-order chi connectivity index (χ0) is 13.3. The van der Waals surface area contributed by atoms with Gasteiger partial charge in [0.1, 0.15) is 4.21 Å². The summed E-state index contributed by atoms with van der Waals surface area (Å²) < 4.78 is 27.2. The molecule has 0 aliphatic rings. The fraction of sp³-hybridized carbons (Fsp3) is 0.167. The van der Waals surface area contributed by atoms with Gasteiger partial charge in [0.15, 0.2) is 0 Å². The lowest BCUT2D eigenvalue weighted by Crippen LogP contribution is -2.13. The van der Waals surface area contributed by atoms with E-state index in [0.29, 0.717) is 15.6 Å². The molecule has 1 aromatic heterocycles. The van der Waals surface area contributed by atoms with Gasteiger partial charge in [0.05, 0.1) is 5.69 Å². The minimum absolute atomic E-state index is 0.304. The molecule has 0 unspecified atom stereocenters. The average Bonchev–Trinajstić information content (AvgIpc) is 2.77. The third kappa shape index (κ3) is 2.49. The summed E-state index contributed by atoms with van der Waals surface area (Å²) in [6, 6.07) is 6.79. The molecular weight excluding hydrogens is 268 g/mol. The molecular formula is C12H14N2O2S2. The van der Waals surface area contributed by atoms with Crippen molar-refractivity contribution >= 4 is 32.7 Å². The number of nitrogens with one attached hydrogen (secondary N) is 1. The van der Waals surface area contributed by atoms with E-state index < -0.39 is 10.0 Å². The van der Waals surface area contributed by atoms with Gasteiger partial charge < -0.3 is 5.73 Å². The second kappa shape index (κ2) is 4.62. The predicted molar refractivity (Wildman–Crippen MR) is 75.5 cm³/mol. The molecule has 18 heavy (non-hydrogen) atoms. The van der Waals surface area contributed by atoms with Crippen LogP contribution in [0.2, 0.25) is 0 Å². The molecule has 0 saturated carbocycles. The number of nitrogen functional groups attached to an aromatic ring is 1. The molecule has 2 rings (SSSR count). The van der Waals surface area contributed by atoms with Crippen molar-refractivity contribution in [3.8, 4) is 0 Å². The Bertz CT molecular complexity index is 638. The van der Waals surface area contributed by atoms with Crippen molar-refractivity contribution in [1.82, 2.24) is 0 Å². The summed E-state index contributed by atoms with van der Waals surface area (Å²) in [4.78, 5) is 0. The van der Waals surface area contributed by atoms with E-state index in [1.54, 1.807) is 29.6 Å². The Balaban J connectivity index is 2.42. The molecule has 1 heterocycles. The summed E-state index contributed by atoms with van der Waals surface area (Å²) in [5.74, 6) is 0. The highest BCUT2D eigenvalue weighted by molar-refractivity contribution is 7.94. The van der Waals surface area contributed by atoms with Gasteiger partial charge in [-0.25, -0.2) is 8.42 Å². The minimum atomic E-state index is -3.50. The number of sulfonamides is 1. The van der Waals surface area contributed by atoms with Crippen molar-refractivity contribution in [3.63, 3.8) is 0 Å². The quantitative estimate of drug-likeness (QED) is 0.850. The maximum Gasteiger partial charge on any atom is 0.271 e. The Morgan fingerprint density at radius 3 is 2.33 bits per heavy atom. The number of rotatable bonds is 3. The van der Waals surface area contributed by atoms with Gasteiger partial charge in [-0.05, 0) is 48.6 Å². The van der Waals surface area contributed by atoms with E-state index in [0.717, 1.165) is 11.1 Å². The van der Waals surface area contributed by atoms with Crippen LogP contribution in [0.3, 0.4) is 0 Å². The summed E-state index contributed by atoms with van der Waals surface area (Å²) in [5.41, 5.74) is 8.56. The highest BCUT2D eigenvalue weighted by Gasteiger charge is 2.17. The molecule has 0 bridgehead atoms. The molecule has 0 aliphatic carbocycles. The zero-order valence-corrected chi connectivity index (χ0v) is 11.7. The van der Waals surface area contributed by atoms with E-state index in [9.17, 15) is 8.42 Å². The number of anilines is 2. The van der Waals surface area contributed by atoms with Crippen molar-refractivity contribution in [2.45, 2.75) is 18.1 Å². The largest absolute Gasteiger partial charge is 0.399 e. The third-order valence-electron chi connectivity index (χ3n) is 2.55. The van der Waals surface area contributed by atoms with Crippen molar-refractivity contribution in [3.05, 3.63) is 40.8 Å². The monoisotopic (exact) mass is 282 g/mol. The van der Waals surface area contributed by atoms with Crippen LogP contribution in [-0.4, -0.2) is 8.42 Å². The van der Waals surface area contributed by atoms with Crippen LogP contribution in [-0.2, 0) is 10.0 Å². The Morgan fingerprint density at radius 2 is 1.83 bits per heavy atom. The molecule has 0 amide bonds. The summed E-state index contributed by atoms with van der Waals surface area (Å²) in [6.45, 7) is 3.66. The Hall–Kier alpha value is -1.53. The topological polar surface area (TPSA) is 72.2 Å². The molecule has 0 radical (unpaired) electrons. The molecule has 0 atom stereocenters. The third-order valence-corrected chi connectivity index (χ3v) is 5.30. The first kappa shape index (κ1) is 12.9. The molecule has 96 valence electrons. The standard InChI is InChI=1S/C12H14N2O2S2/c1-8-6-10(13)7-9(2)12(8)14-18(15,16)11-4-3-5-17-11/h3-7,14H,13H2,1-2H3. The lowest BCUT2D eigenvalue weighted by atomic mass is 10.1. The SMILES string of the molecule is Cc1cc(N)cc(C)c1NS(=O)(=O)c1cccs1. The van der Waals surface area contributed by atoms with Crippen LogP contribution >= 0.6 is 11.3 Å². The van der Waals surface area contributed by atoms with Crippen LogP contribution in [0.15, 0.2) is 33.9 Å². The average molecular weight is 282 g/mol. The lowest BCUT2D eigenvalue weighted by molar-refractivity contribution is 0.603. The van der Waals surface area contributed by atoms with E-state index >= 15 is 0 Å². The van der Waals surface area contributed by atoms with Crippen LogP contribution < -0.4 is 10.5 Å². The maximum atomic E-state index is 12.1. The highest BCUT2D eigenvalue weighted by atomic mass is 32.2. The van der Waals surface area contributed by atoms with Gasteiger partial charge in [0, 0.05) is 5.69 Å². The van der Waals surface area contributed by atoms with E-state index in [1.165, 1.54) is 11.3 Å². The minimum Gasteiger partial charge on any atom is -0.399 e. The Morgan fingerprint density at radius 1 is 1.22 bits per heavy atom. The number of nitrogens with two attached hydrogens (primary N) is 1. The number of benzene rings is 1. The van der Waals surface area contributed by atoms with Gasteiger partial charge >= 0.3 is 0 Å². The van der Waals surface area contributed by atoms with Crippen LogP contribution in [0.25, 0.3) is 0 Å². The van der Waals surface area contributed by atoms with Crippen LogP contribution in [0.4, 0.5) is 11.4 Å². The molecule has 3 N–H and O–H groups in total. The van der Waals surface area contributed by atoms with Gasteiger partial charge in [-0.3, -0.25) is 4.72 Å². The predicted octanol–water partition coefficient (Wildman–Crippen LogP) is 2.75. The maximum absolute atomic E-state index is 12.1. The fourth-order valence-corrected chi connectivity index (χ4v) is 3.95. The van der Waals surface area contributed by atoms with Crippen molar-refractivity contribution < 1.29 is 8.42 Å². The number of aryl methyl sites for hydroxylation is 2. The lowest BCUT2D eigenvalue weighted by Gasteiger charge is -2.13. The summed E-state index contributed by atoms with van der Waals surface area (Å²) in [6.07, 6.45) is 0. The normalized spacial score (nSPS) is 11.4. The van der Waals surface area contributed by atoms with Gasteiger partial charge in [-0.15, -0.1) is 11.3 Å². The number of hydrogen-bond acceptors (Lipinski definition) is 4.